The SMILES string of the molecule is O=C(O)c1oc(N2CCC(c3ccc(F)cc3)CC2)nc1C(F)(F)F.S. The van der Waals surface area contributed by atoms with Crippen LogP contribution in [0.3, 0.4) is 0 Å². The van der Waals surface area contributed by atoms with Gasteiger partial charge in [-0.2, -0.15) is 31.7 Å². The first-order valence-corrected chi connectivity index (χ1v) is 7.57. The first-order chi connectivity index (χ1) is 11.8. The fourth-order valence-corrected chi connectivity index (χ4v) is 2.92. The fourth-order valence-electron chi connectivity index (χ4n) is 2.92. The number of hydrogen-bond acceptors (Lipinski definition) is 4. The number of aromatic nitrogens is 1. The lowest BCUT2D eigenvalue weighted by molar-refractivity contribution is -0.141. The molecule has 0 spiro atoms. The topological polar surface area (TPSA) is 66.6 Å². The lowest BCUT2D eigenvalue weighted by Gasteiger charge is -2.31. The molecule has 0 amide bonds. The van der Waals surface area contributed by atoms with Crippen molar-refractivity contribution < 1.29 is 31.9 Å². The Hall–Kier alpha value is -2.23. The molecule has 0 radical (unpaired) electrons. The summed E-state index contributed by atoms with van der Waals surface area (Å²) in [4.78, 5) is 15.8. The van der Waals surface area contributed by atoms with Gasteiger partial charge in [0, 0.05) is 13.1 Å². The van der Waals surface area contributed by atoms with Gasteiger partial charge in [0.15, 0.2) is 5.69 Å². The molecule has 1 aliphatic heterocycles. The van der Waals surface area contributed by atoms with Crippen molar-refractivity contribution in [3.05, 3.63) is 47.1 Å². The van der Waals surface area contributed by atoms with Gasteiger partial charge in [0.1, 0.15) is 5.82 Å². The molecule has 0 aliphatic carbocycles. The molecule has 2 heterocycles. The van der Waals surface area contributed by atoms with Gasteiger partial charge in [0.25, 0.3) is 6.01 Å². The summed E-state index contributed by atoms with van der Waals surface area (Å²) >= 11 is 0. The van der Waals surface area contributed by atoms with Crippen molar-refractivity contribution in [1.29, 1.82) is 0 Å². The van der Waals surface area contributed by atoms with E-state index >= 15 is 0 Å². The van der Waals surface area contributed by atoms with E-state index in [1.54, 1.807) is 12.1 Å². The number of anilines is 1. The van der Waals surface area contributed by atoms with E-state index in [1.165, 1.54) is 17.0 Å². The van der Waals surface area contributed by atoms with Gasteiger partial charge in [-0.25, -0.2) is 9.18 Å². The zero-order valence-corrected chi connectivity index (χ0v) is 14.4. The van der Waals surface area contributed by atoms with Crippen molar-refractivity contribution in [2.45, 2.75) is 24.9 Å². The van der Waals surface area contributed by atoms with Gasteiger partial charge in [-0.15, -0.1) is 0 Å². The van der Waals surface area contributed by atoms with Gasteiger partial charge >= 0.3 is 12.1 Å². The smallest absolute Gasteiger partial charge is 0.437 e. The highest BCUT2D eigenvalue weighted by Crippen LogP contribution is 2.36. The number of halogens is 4. The van der Waals surface area contributed by atoms with Crippen molar-refractivity contribution >= 4 is 25.5 Å². The van der Waals surface area contributed by atoms with E-state index in [4.69, 9.17) is 9.52 Å². The van der Waals surface area contributed by atoms with E-state index in [1.807, 2.05) is 0 Å². The molecular formula is C16H16F4N2O3S. The van der Waals surface area contributed by atoms with Gasteiger partial charge < -0.3 is 14.4 Å². The maximum Gasteiger partial charge on any atom is 0.437 e. The van der Waals surface area contributed by atoms with Crippen molar-refractivity contribution in [1.82, 2.24) is 4.98 Å². The van der Waals surface area contributed by atoms with Gasteiger partial charge in [0.05, 0.1) is 0 Å². The maximum absolute atomic E-state index is 13.0. The summed E-state index contributed by atoms with van der Waals surface area (Å²) in [5.74, 6) is -3.20. The molecule has 2 aromatic rings. The Bertz CT molecular complexity index is 769. The van der Waals surface area contributed by atoms with Crippen LogP contribution in [0, 0.1) is 5.82 Å². The lowest BCUT2D eigenvalue weighted by atomic mass is 9.89. The van der Waals surface area contributed by atoms with Crippen LogP contribution in [0.15, 0.2) is 28.7 Å². The van der Waals surface area contributed by atoms with Gasteiger partial charge in [0.2, 0.25) is 5.76 Å². The molecule has 1 N–H and O–H groups in total. The molecule has 0 saturated carbocycles. The Morgan fingerprint density at radius 2 is 1.77 bits per heavy atom. The Labute approximate surface area is 153 Å². The second-order valence-corrected chi connectivity index (χ2v) is 5.79. The number of piperidine rings is 1. The minimum Gasteiger partial charge on any atom is -0.475 e. The van der Waals surface area contributed by atoms with Crippen LogP contribution in [-0.2, 0) is 6.18 Å². The monoisotopic (exact) mass is 392 g/mol. The summed E-state index contributed by atoms with van der Waals surface area (Å²) < 4.78 is 56.4. The maximum atomic E-state index is 13.0. The summed E-state index contributed by atoms with van der Waals surface area (Å²) in [7, 11) is 0. The number of nitrogens with zero attached hydrogens (tertiary/aromatic N) is 2. The standard InChI is InChI=1S/C16H14F4N2O3.H2S/c17-11-3-1-9(2-4-11)10-5-7-22(8-6-10)15-21-13(16(18,19)20)12(25-15)14(23)24;/h1-4,10H,5-8H2,(H,23,24);1H2. The van der Waals surface area contributed by atoms with Crippen LogP contribution in [0.25, 0.3) is 0 Å². The summed E-state index contributed by atoms with van der Waals surface area (Å²) in [6, 6.07) is 5.76. The molecule has 5 nitrogen and oxygen atoms in total. The molecule has 1 aromatic heterocycles. The van der Waals surface area contributed by atoms with Crippen LogP contribution in [-0.4, -0.2) is 29.1 Å². The van der Waals surface area contributed by atoms with Gasteiger partial charge in [-0.05, 0) is 36.5 Å². The number of benzene rings is 1. The van der Waals surface area contributed by atoms with E-state index in [9.17, 15) is 22.4 Å². The molecule has 0 unspecified atom stereocenters. The molecule has 0 atom stereocenters. The zero-order valence-electron chi connectivity index (χ0n) is 13.4. The van der Waals surface area contributed by atoms with Crippen LogP contribution >= 0.6 is 13.5 Å². The highest BCUT2D eigenvalue weighted by Gasteiger charge is 2.42. The second kappa shape index (κ2) is 7.56. The largest absolute Gasteiger partial charge is 0.475 e. The quantitative estimate of drug-likeness (QED) is 0.799. The van der Waals surface area contributed by atoms with Crippen LogP contribution < -0.4 is 4.90 Å². The van der Waals surface area contributed by atoms with Crippen molar-refractivity contribution in [2.75, 3.05) is 18.0 Å². The Kier molecular flexibility index (Phi) is 5.84. The summed E-state index contributed by atoms with van der Waals surface area (Å²) in [6.07, 6.45) is -3.68. The summed E-state index contributed by atoms with van der Waals surface area (Å²) in [5.41, 5.74) is -0.577. The molecule has 1 aliphatic rings. The van der Waals surface area contributed by atoms with Crippen molar-refractivity contribution in [3.63, 3.8) is 0 Å². The first kappa shape index (κ1) is 20.1. The highest BCUT2D eigenvalue weighted by molar-refractivity contribution is 7.59. The van der Waals surface area contributed by atoms with Crippen molar-refractivity contribution in [2.24, 2.45) is 0 Å². The van der Waals surface area contributed by atoms with Gasteiger partial charge in [-0.3, -0.25) is 0 Å². The van der Waals surface area contributed by atoms with E-state index in [-0.39, 0.29) is 31.2 Å². The number of oxazole rings is 1. The molecule has 142 valence electrons. The predicted molar refractivity (Wildman–Crippen MR) is 89.4 cm³/mol. The van der Waals surface area contributed by atoms with Crippen LogP contribution in [0.5, 0.6) is 0 Å². The van der Waals surface area contributed by atoms with E-state index in [0.29, 0.717) is 25.9 Å². The number of aromatic carboxylic acids is 1. The minimum atomic E-state index is -4.90. The van der Waals surface area contributed by atoms with E-state index in [2.05, 4.69) is 4.98 Å². The van der Waals surface area contributed by atoms with Crippen LogP contribution in [0.1, 0.15) is 40.6 Å². The zero-order chi connectivity index (χ0) is 18.2. The number of rotatable bonds is 3. The number of carboxylic acid groups (broad SMARTS) is 1. The second-order valence-electron chi connectivity index (χ2n) is 5.79. The van der Waals surface area contributed by atoms with Crippen LogP contribution in [0.4, 0.5) is 23.6 Å². The van der Waals surface area contributed by atoms with Crippen molar-refractivity contribution in [3.8, 4) is 0 Å². The lowest BCUT2D eigenvalue weighted by Crippen LogP contribution is -2.33. The predicted octanol–water partition coefficient (Wildman–Crippen LogP) is 4.03. The third-order valence-electron chi connectivity index (χ3n) is 4.19. The molecule has 10 heteroatoms. The van der Waals surface area contributed by atoms with E-state index < -0.39 is 23.6 Å². The van der Waals surface area contributed by atoms with Gasteiger partial charge in [-0.1, -0.05) is 12.1 Å². The Morgan fingerprint density at radius 3 is 2.23 bits per heavy atom. The number of alkyl halides is 3. The third-order valence-corrected chi connectivity index (χ3v) is 4.19. The Morgan fingerprint density at radius 1 is 1.19 bits per heavy atom. The molecule has 0 bridgehead atoms. The fraction of sp³-hybridized carbons (Fsp3) is 0.375. The molecule has 1 aromatic carbocycles. The number of carboxylic acids is 1. The minimum absolute atomic E-state index is 0. The Balaban J connectivity index is 0.00000243. The summed E-state index contributed by atoms with van der Waals surface area (Å²) in [5, 5.41) is 8.87. The molecular weight excluding hydrogens is 376 g/mol. The highest BCUT2D eigenvalue weighted by atomic mass is 32.1. The molecule has 26 heavy (non-hydrogen) atoms. The third kappa shape index (κ3) is 4.12. The number of hydrogen-bond donors (Lipinski definition) is 1. The first-order valence-electron chi connectivity index (χ1n) is 7.57. The number of carbonyl (C=O) groups is 1. The summed E-state index contributed by atoms with van der Waals surface area (Å²) in [6.45, 7) is 0.720. The normalized spacial score (nSPS) is 15.6. The van der Waals surface area contributed by atoms with Crippen LogP contribution in [0.2, 0.25) is 0 Å². The average molecular weight is 392 g/mol. The average Bonchev–Trinajstić information content (AvgIpc) is 3.02. The molecule has 1 fully saturated rings. The molecule has 3 rings (SSSR count). The van der Waals surface area contributed by atoms with E-state index in [0.717, 1.165) is 5.56 Å². The molecule has 1 saturated heterocycles.